The maximum absolute atomic E-state index is 5.77. The normalized spacial score (nSPS) is 21.2. The van der Waals surface area contributed by atoms with E-state index in [1.807, 2.05) is 6.20 Å². The molecule has 0 aliphatic carbocycles. The van der Waals surface area contributed by atoms with E-state index in [2.05, 4.69) is 58.4 Å². The molecule has 2 atom stereocenters. The van der Waals surface area contributed by atoms with Gasteiger partial charge in [0.1, 0.15) is 5.82 Å². The first-order valence-corrected chi connectivity index (χ1v) is 8.42. The van der Waals surface area contributed by atoms with Gasteiger partial charge in [-0.25, -0.2) is 4.98 Å². The maximum atomic E-state index is 5.77. The van der Waals surface area contributed by atoms with Gasteiger partial charge in [0, 0.05) is 39.4 Å². The molecule has 2 rings (SSSR count). The predicted molar refractivity (Wildman–Crippen MR) is 110 cm³/mol. The first-order chi connectivity index (χ1) is 11.1. The van der Waals surface area contributed by atoms with Crippen LogP contribution < -0.4 is 15.5 Å². The number of hydrogen-bond donors (Lipinski definition) is 2. The van der Waals surface area contributed by atoms with Crippen molar-refractivity contribution in [2.45, 2.75) is 45.9 Å². The summed E-state index contributed by atoms with van der Waals surface area (Å²) in [7, 11) is 1.78. The van der Waals surface area contributed by atoms with Crippen molar-refractivity contribution in [2.24, 2.45) is 4.99 Å². The van der Waals surface area contributed by atoms with Gasteiger partial charge in [-0.1, -0.05) is 13.0 Å². The van der Waals surface area contributed by atoms with Crippen molar-refractivity contribution < 1.29 is 4.74 Å². The molecule has 0 saturated carbocycles. The summed E-state index contributed by atoms with van der Waals surface area (Å²) in [5.74, 6) is 1.84. The molecule has 6 nitrogen and oxygen atoms in total. The quantitative estimate of drug-likeness (QED) is 0.413. The largest absolute Gasteiger partial charge is 0.372 e. The average Bonchev–Trinajstić information content (AvgIpc) is 2.54. The van der Waals surface area contributed by atoms with Gasteiger partial charge in [0.15, 0.2) is 5.96 Å². The molecule has 1 aliphatic rings. The molecule has 1 saturated heterocycles. The van der Waals surface area contributed by atoms with Crippen molar-refractivity contribution in [3.8, 4) is 0 Å². The second kappa shape index (κ2) is 10.7. The Balaban J connectivity index is 0.00000288. The number of hydrogen-bond acceptors (Lipinski definition) is 4. The SMILES string of the molecule is CCCNC(=NC)NCc1ccc(N2CC(C)OC(C)C2)nc1.I. The molecule has 7 heteroatoms. The molecule has 1 aliphatic heterocycles. The summed E-state index contributed by atoms with van der Waals surface area (Å²) in [4.78, 5) is 11.1. The summed E-state index contributed by atoms with van der Waals surface area (Å²) in [6, 6.07) is 4.21. The standard InChI is InChI=1S/C17H29N5O.HI/c1-5-8-19-17(18-4)21-10-15-6-7-16(20-9-15)22-11-13(2)23-14(3)12-22;/h6-7,9,13-14H,5,8,10-12H2,1-4H3,(H2,18,19,21);1H. The van der Waals surface area contributed by atoms with Gasteiger partial charge in [-0.05, 0) is 31.9 Å². The van der Waals surface area contributed by atoms with Crippen LogP contribution in [0.25, 0.3) is 0 Å². The van der Waals surface area contributed by atoms with E-state index in [-0.39, 0.29) is 36.2 Å². The zero-order valence-electron chi connectivity index (χ0n) is 15.1. The number of anilines is 1. The highest BCUT2D eigenvalue weighted by molar-refractivity contribution is 14.0. The summed E-state index contributed by atoms with van der Waals surface area (Å²) in [5, 5.41) is 6.56. The highest BCUT2D eigenvalue weighted by atomic mass is 127. The van der Waals surface area contributed by atoms with E-state index in [1.165, 1.54) is 0 Å². The van der Waals surface area contributed by atoms with Gasteiger partial charge < -0.3 is 20.3 Å². The lowest BCUT2D eigenvalue weighted by Crippen LogP contribution is -2.45. The molecule has 1 aromatic heterocycles. The van der Waals surface area contributed by atoms with Gasteiger partial charge in [0.25, 0.3) is 0 Å². The molecule has 136 valence electrons. The van der Waals surface area contributed by atoms with Gasteiger partial charge in [0.2, 0.25) is 0 Å². The van der Waals surface area contributed by atoms with Gasteiger partial charge >= 0.3 is 0 Å². The number of aromatic nitrogens is 1. The Bertz CT molecular complexity index is 498. The second-order valence-electron chi connectivity index (χ2n) is 6.04. The minimum absolute atomic E-state index is 0. The molecule has 1 fully saturated rings. The Morgan fingerprint density at radius 2 is 2.00 bits per heavy atom. The average molecular weight is 447 g/mol. The molecule has 24 heavy (non-hydrogen) atoms. The van der Waals surface area contributed by atoms with Crippen LogP contribution >= 0.6 is 24.0 Å². The first kappa shape index (κ1) is 21.0. The highest BCUT2D eigenvalue weighted by Crippen LogP contribution is 2.18. The molecule has 1 aromatic rings. The van der Waals surface area contributed by atoms with Crippen molar-refractivity contribution in [2.75, 3.05) is 31.6 Å². The number of guanidine groups is 1. The Hall–Kier alpha value is -1.09. The smallest absolute Gasteiger partial charge is 0.191 e. The fourth-order valence-electron chi connectivity index (χ4n) is 2.72. The number of pyridine rings is 1. The van der Waals surface area contributed by atoms with Gasteiger partial charge in [0.05, 0.1) is 12.2 Å². The number of aliphatic imine (C=N–C) groups is 1. The fourth-order valence-corrected chi connectivity index (χ4v) is 2.72. The third kappa shape index (κ3) is 6.43. The molecular formula is C17H30IN5O. The molecule has 2 unspecified atom stereocenters. The molecule has 2 N–H and O–H groups in total. The summed E-state index contributed by atoms with van der Waals surface area (Å²) in [6.07, 6.45) is 3.50. The number of rotatable bonds is 5. The summed E-state index contributed by atoms with van der Waals surface area (Å²) in [6.45, 7) is 9.77. The molecule has 0 amide bonds. The number of ether oxygens (including phenoxy) is 1. The van der Waals surface area contributed by atoms with E-state index in [4.69, 9.17) is 4.74 Å². The van der Waals surface area contributed by atoms with Crippen LogP contribution in [0.3, 0.4) is 0 Å². The number of nitrogens with one attached hydrogen (secondary N) is 2. The van der Waals surface area contributed by atoms with Crippen molar-refractivity contribution >= 4 is 35.8 Å². The third-order valence-electron chi connectivity index (χ3n) is 3.78. The first-order valence-electron chi connectivity index (χ1n) is 8.42. The topological polar surface area (TPSA) is 61.8 Å². The number of morpholine rings is 1. The Labute approximate surface area is 162 Å². The van der Waals surface area contributed by atoms with E-state index in [1.54, 1.807) is 7.05 Å². The van der Waals surface area contributed by atoms with E-state index in [0.29, 0.717) is 6.54 Å². The van der Waals surface area contributed by atoms with E-state index in [9.17, 15) is 0 Å². The Morgan fingerprint density at radius 1 is 1.29 bits per heavy atom. The van der Waals surface area contributed by atoms with E-state index in [0.717, 1.165) is 43.4 Å². The van der Waals surface area contributed by atoms with Gasteiger partial charge in [-0.3, -0.25) is 4.99 Å². The van der Waals surface area contributed by atoms with Crippen LogP contribution in [-0.2, 0) is 11.3 Å². The molecule has 0 aromatic carbocycles. The monoisotopic (exact) mass is 447 g/mol. The molecule has 0 bridgehead atoms. The maximum Gasteiger partial charge on any atom is 0.191 e. The lowest BCUT2D eigenvalue weighted by molar-refractivity contribution is -0.00545. The summed E-state index contributed by atoms with van der Waals surface area (Å²) >= 11 is 0. The third-order valence-corrected chi connectivity index (χ3v) is 3.78. The van der Waals surface area contributed by atoms with Crippen LogP contribution in [0.1, 0.15) is 32.8 Å². The minimum Gasteiger partial charge on any atom is -0.372 e. The second-order valence-corrected chi connectivity index (χ2v) is 6.04. The molecule has 0 spiro atoms. The molecule has 2 heterocycles. The number of halogens is 1. The minimum atomic E-state index is 0. The van der Waals surface area contributed by atoms with Crippen LogP contribution in [0.15, 0.2) is 23.3 Å². The molecular weight excluding hydrogens is 417 g/mol. The lowest BCUT2D eigenvalue weighted by atomic mass is 10.2. The van der Waals surface area contributed by atoms with Crippen LogP contribution in [0.2, 0.25) is 0 Å². The predicted octanol–water partition coefficient (Wildman–Crippen LogP) is 2.39. The van der Waals surface area contributed by atoms with Crippen LogP contribution in [-0.4, -0.2) is 49.8 Å². The van der Waals surface area contributed by atoms with Crippen molar-refractivity contribution in [3.05, 3.63) is 23.9 Å². The van der Waals surface area contributed by atoms with E-state index >= 15 is 0 Å². The van der Waals surface area contributed by atoms with Crippen LogP contribution in [0.4, 0.5) is 5.82 Å². The lowest BCUT2D eigenvalue weighted by Gasteiger charge is -2.36. The fraction of sp³-hybridized carbons (Fsp3) is 0.647. The van der Waals surface area contributed by atoms with Crippen molar-refractivity contribution in [1.82, 2.24) is 15.6 Å². The Kier molecular flexibility index (Phi) is 9.35. The highest BCUT2D eigenvalue weighted by Gasteiger charge is 2.22. The van der Waals surface area contributed by atoms with E-state index < -0.39 is 0 Å². The molecule has 0 radical (unpaired) electrons. The van der Waals surface area contributed by atoms with Crippen molar-refractivity contribution in [3.63, 3.8) is 0 Å². The van der Waals surface area contributed by atoms with Crippen molar-refractivity contribution in [1.29, 1.82) is 0 Å². The zero-order valence-corrected chi connectivity index (χ0v) is 17.4. The van der Waals surface area contributed by atoms with Crippen LogP contribution in [0.5, 0.6) is 0 Å². The van der Waals surface area contributed by atoms with Crippen LogP contribution in [0, 0.1) is 0 Å². The summed E-state index contributed by atoms with van der Waals surface area (Å²) in [5.41, 5.74) is 1.14. The summed E-state index contributed by atoms with van der Waals surface area (Å²) < 4.78 is 5.77. The zero-order chi connectivity index (χ0) is 16.7. The van der Waals surface area contributed by atoms with Gasteiger partial charge in [-0.2, -0.15) is 0 Å². The van der Waals surface area contributed by atoms with Gasteiger partial charge in [-0.15, -0.1) is 24.0 Å². The number of nitrogens with zero attached hydrogens (tertiary/aromatic N) is 3. The Morgan fingerprint density at radius 3 is 2.54 bits per heavy atom.